The molecular weight excluding hydrogens is 172 g/mol. The number of hydrogen-bond donors (Lipinski definition) is 0. The van der Waals surface area contributed by atoms with Crippen molar-refractivity contribution < 1.29 is 32.7 Å². The molecule has 39 valence electrons. The normalized spacial score (nSPS) is 15.8. The molecular formula is C6H9BY. The standard InChI is InChI=1S/C6H9B.Y/c1-5-3-4-6(2)7-5;/h3H,4H2,1-2H3;. The van der Waals surface area contributed by atoms with E-state index in [9.17, 15) is 0 Å². The first kappa shape index (κ1) is 8.78. The van der Waals surface area contributed by atoms with Gasteiger partial charge in [0.25, 0.3) is 0 Å². The maximum atomic E-state index is 2.25. The third-order valence-electron chi connectivity index (χ3n) is 1.22. The molecule has 0 unspecified atom stereocenters. The molecule has 0 aromatic rings. The third-order valence-corrected chi connectivity index (χ3v) is 1.22. The van der Waals surface area contributed by atoms with Crippen LogP contribution in [0.1, 0.15) is 20.3 Å². The molecule has 1 aliphatic heterocycles. The van der Waals surface area contributed by atoms with Crippen molar-refractivity contribution in [2.45, 2.75) is 20.3 Å². The zero-order valence-electron chi connectivity index (χ0n) is 5.44. The van der Waals surface area contributed by atoms with Crippen LogP contribution >= 0.6 is 0 Å². The summed E-state index contributed by atoms with van der Waals surface area (Å²) >= 11 is 0. The number of hydrogen-bond acceptors (Lipinski definition) is 0. The van der Waals surface area contributed by atoms with Crippen molar-refractivity contribution >= 4 is 12.4 Å². The van der Waals surface area contributed by atoms with Gasteiger partial charge in [0, 0.05) is 32.7 Å². The van der Waals surface area contributed by atoms with Crippen molar-refractivity contribution in [2.75, 3.05) is 0 Å². The van der Waals surface area contributed by atoms with E-state index in [1.54, 1.807) is 0 Å². The van der Waals surface area contributed by atoms with Crippen molar-refractivity contribution in [3.63, 3.8) is 0 Å². The second-order valence-electron chi connectivity index (χ2n) is 2.14. The van der Waals surface area contributed by atoms with Gasteiger partial charge in [0.15, 0.2) is 0 Å². The van der Waals surface area contributed by atoms with E-state index in [0.29, 0.717) is 0 Å². The molecule has 0 amide bonds. The van der Waals surface area contributed by atoms with Crippen molar-refractivity contribution in [1.82, 2.24) is 0 Å². The molecule has 0 bridgehead atoms. The molecule has 8 heavy (non-hydrogen) atoms. The fourth-order valence-corrected chi connectivity index (χ4v) is 0.828. The van der Waals surface area contributed by atoms with E-state index in [1.165, 1.54) is 17.4 Å². The van der Waals surface area contributed by atoms with Gasteiger partial charge in [-0.1, -0.05) is 0 Å². The molecule has 1 heterocycles. The van der Waals surface area contributed by atoms with Gasteiger partial charge < -0.3 is 0 Å². The first-order valence-electron chi connectivity index (χ1n) is 2.63. The van der Waals surface area contributed by atoms with Crippen LogP contribution in [0.5, 0.6) is 0 Å². The summed E-state index contributed by atoms with van der Waals surface area (Å²) in [7, 11) is 0. The molecule has 0 spiro atoms. The van der Waals surface area contributed by atoms with Crippen LogP contribution in [0.25, 0.3) is 0 Å². The summed E-state index contributed by atoms with van der Waals surface area (Å²) in [5.41, 5.74) is 2.90. The van der Waals surface area contributed by atoms with Gasteiger partial charge in [0.2, 0.25) is 0 Å². The van der Waals surface area contributed by atoms with E-state index in [-0.39, 0.29) is 32.7 Å². The molecule has 1 rings (SSSR count). The van der Waals surface area contributed by atoms with E-state index in [0.717, 1.165) is 0 Å². The Balaban J connectivity index is 0.000000490. The Hall–Kier alpha value is 0.779. The fourth-order valence-electron chi connectivity index (χ4n) is 0.828. The second kappa shape index (κ2) is 3.74. The molecule has 0 N–H and O–H groups in total. The maximum Gasteiger partial charge on any atom is 0 e. The Bertz CT molecular complexity index is 135. The molecule has 0 saturated carbocycles. The summed E-state index contributed by atoms with van der Waals surface area (Å²) in [5.74, 6) is 0. The first-order valence-corrected chi connectivity index (χ1v) is 2.63. The quantitative estimate of drug-likeness (QED) is 0.492. The molecule has 0 aromatic carbocycles. The average molecular weight is 181 g/mol. The topological polar surface area (TPSA) is 0 Å². The zero-order valence-corrected chi connectivity index (χ0v) is 8.28. The van der Waals surface area contributed by atoms with Gasteiger partial charge in [-0.3, -0.25) is 0 Å². The van der Waals surface area contributed by atoms with Crippen molar-refractivity contribution in [3.05, 3.63) is 11.5 Å². The Kier molecular flexibility index (Phi) is 4.10. The van der Waals surface area contributed by atoms with Crippen LogP contribution in [0.3, 0.4) is 0 Å². The summed E-state index contributed by atoms with van der Waals surface area (Å²) in [4.78, 5) is 0. The number of rotatable bonds is 0. The van der Waals surface area contributed by atoms with Gasteiger partial charge in [-0.15, -0.1) is 0 Å². The molecule has 1 aliphatic rings. The molecule has 0 saturated heterocycles. The van der Waals surface area contributed by atoms with Crippen LogP contribution in [0, 0.1) is 0 Å². The Morgan fingerprint density at radius 2 is 2.12 bits per heavy atom. The van der Waals surface area contributed by atoms with Crippen LogP contribution in [0.2, 0.25) is 0 Å². The van der Waals surface area contributed by atoms with E-state index < -0.39 is 0 Å². The van der Waals surface area contributed by atoms with Crippen molar-refractivity contribution in [1.29, 1.82) is 0 Å². The Morgan fingerprint density at radius 1 is 1.50 bits per heavy atom. The predicted octanol–water partition coefficient (Wildman–Crippen LogP) is 1.19. The Morgan fingerprint density at radius 3 is 2.25 bits per heavy atom. The summed E-state index contributed by atoms with van der Waals surface area (Å²) < 4.78 is 0. The molecule has 0 nitrogen and oxygen atoms in total. The van der Waals surface area contributed by atoms with Crippen LogP contribution in [-0.2, 0) is 32.7 Å². The predicted molar refractivity (Wildman–Crippen MR) is 34.8 cm³/mol. The minimum absolute atomic E-state index is 0. The van der Waals surface area contributed by atoms with E-state index in [4.69, 9.17) is 0 Å². The van der Waals surface area contributed by atoms with E-state index >= 15 is 0 Å². The largest absolute Gasteiger partial charge is 0 e. The molecule has 1 radical (unpaired) electrons. The summed E-state index contributed by atoms with van der Waals surface area (Å²) in [6.45, 7) is 6.52. The SMILES string of the molecule is CC1=BC(C)=CC1.[Y]. The van der Waals surface area contributed by atoms with Crippen LogP contribution < -0.4 is 0 Å². The van der Waals surface area contributed by atoms with Gasteiger partial charge in [-0.25, -0.2) is 0 Å². The van der Waals surface area contributed by atoms with Crippen molar-refractivity contribution in [2.24, 2.45) is 0 Å². The van der Waals surface area contributed by atoms with Gasteiger partial charge in [0.1, 0.15) is 0 Å². The molecule has 0 aliphatic carbocycles. The second-order valence-corrected chi connectivity index (χ2v) is 2.14. The Labute approximate surface area is 76.5 Å². The van der Waals surface area contributed by atoms with Crippen molar-refractivity contribution in [3.8, 4) is 0 Å². The molecule has 2 heteroatoms. The average Bonchev–Trinajstić information content (AvgIpc) is 1.87. The summed E-state index contributed by atoms with van der Waals surface area (Å²) in [6.07, 6.45) is 3.42. The van der Waals surface area contributed by atoms with Crippen LogP contribution in [0.15, 0.2) is 11.5 Å². The molecule has 0 aromatic heterocycles. The molecule has 0 atom stereocenters. The minimum atomic E-state index is 0. The van der Waals surface area contributed by atoms with Gasteiger partial charge in [0.05, 0.1) is 0 Å². The number of allylic oxidation sites excluding steroid dienone is 2. The molecule has 0 fully saturated rings. The monoisotopic (exact) mass is 181 g/mol. The first-order chi connectivity index (χ1) is 3.29. The van der Waals surface area contributed by atoms with Crippen LogP contribution in [-0.4, -0.2) is 12.4 Å². The van der Waals surface area contributed by atoms with Crippen LogP contribution in [0.4, 0.5) is 0 Å². The summed E-state index contributed by atoms with van der Waals surface area (Å²) in [6, 6.07) is 0. The fraction of sp³-hybridized carbons (Fsp3) is 0.500. The summed E-state index contributed by atoms with van der Waals surface area (Å²) in [5, 5.41) is 0. The van der Waals surface area contributed by atoms with E-state index in [1.807, 2.05) is 0 Å². The van der Waals surface area contributed by atoms with Gasteiger partial charge in [-0.05, 0) is 0 Å². The smallest absolute Gasteiger partial charge is 0 e. The zero-order chi connectivity index (χ0) is 5.28. The van der Waals surface area contributed by atoms with Gasteiger partial charge >= 0.3 is 44.2 Å². The maximum absolute atomic E-state index is 2.25. The van der Waals surface area contributed by atoms with E-state index in [2.05, 4.69) is 26.8 Å². The third kappa shape index (κ3) is 2.37. The van der Waals surface area contributed by atoms with Gasteiger partial charge in [-0.2, -0.15) is 0 Å². The minimum Gasteiger partial charge on any atom is 0 e.